The summed E-state index contributed by atoms with van der Waals surface area (Å²) in [7, 11) is 0. The van der Waals surface area contributed by atoms with Gasteiger partial charge < -0.3 is 10.0 Å². The van der Waals surface area contributed by atoms with Gasteiger partial charge in [-0.15, -0.1) is 0 Å². The largest absolute Gasteiger partial charge is 0.478 e. The second kappa shape index (κ2) is 3.92. The summed E-state index contributed by atoms with van der Waals surface area (Å²) < 4.78 is 12.2. The first-order valence-corrected chi connectivity index (χ1v) is 4.86. The number of hydrogen-bond donors (Lipinski definition) is 1. The second-order valence-corrected chi connectivity index (χ2v) is 3.56. The van der Waals surface area contributed by atoms with Crippen molar-refractivity contribution in [1.82, 2.24) is 0 Å². The van der Waals surface area contributed by atoms with Gasteiger partial charge in [-0.1, -0.05) is 0 Å². The molecule has 1 aliphatic rings. The molecule has 0 aromatic heterocycles. The summed E-state index contributed by atoms with van der Waals surface area (Å²) in [4.78, 5) is 23.6. The lowest BCUT2D eigenvalue weighted by Crippen LogP contribution is -2.28. The Morgan fingerprint density at radius 3 is 2.88 bits per heavy atom. The van der Waals surface area contributed by atoms with E-state index in [1.54, 1.807) is 6.07 Å². The maximum atomic E-state index is 12.2. The molecule has 0 bridgehead atoms. The van der Waals surface area contributed by atoms with Crippen LogP contribution in [0.2, 0.25) is 0 Å². The van der Waals surface area contributed by atoms with Gasteiger partial charge in [0.05, 0.1) is 18.5 Å². The molecule has 5 heteroatoms. The van der Waals surface area contributed by atoms with Crippen LogP contribution >= 0.6 is 0 Å². The van der Waals surface area contributed by atoms with E-state index >= 15 is 0 Å². The standard InChI is InChI=1S/C11H10FNO3/c12-3-4-13-9-2-1-7(11(15)16)5-8(9)6-10(13)14/h1-2,5H,3-4,6H2,(H,15,16). The van der Waals surface area contributed by atoms with Crippen molar-refractivity contribution in [3.05, 3.63) is 29.3 Å². The lowest BCUT2D eigenvalue weighted by Gasteiger charge is -2.15. The van der Waals surface area contributed by atoms with Crippen LogP contribution in [-0.2, 0) is 11.2 Å². The van der Waals surface area contributed by atoms with Gasteiger partial charge in [0, 0.05) is 5.69 Å². The van der Waals surface area contributed by atoms with Crippen molar-refractivity contribution < 1.29 is 19.1 Å². The number of nitrogens with zero attached hydrogens (tertiary/aromatic N) is 1. The first-order chi connectivity index (χ1) is 7.63. The predicted octanol–water partition coefficient (Wildman–Crippen LogP) is 1.24. The number of fused-ring (bicyclic) bond motifs is 1. The maximum absolute atomic E-state index is 12.2. The molecule has 16 heavy (non-hydrogen) atoms. The van der Waals surface area contributed by atoms with Crippen molar-refractivity contribution in [1.29, 1.82) is 0 Å². The van der Waals surface area contributed by atoms with Crippen LogP contribution in [0.4, 0.5) is 10.1 Å². The van der Waals surface area contributed by atoms with E-state index in [1.165, 1.54) is 17.0 Å². The maximum Gasteiger partial charge on any atom is 0.335 e. The van der Waals surface area contributed by atoms with Gasteiger partial charge in [0.25, 0.3) is 0 Å². The van der Waals surface area contributed by atoms with Gasteiger partial charge in [-0.2, -0.15) is 0 Å². The third-order valence-corrected chi connectivity index (χ3v) is 2.57. The molecule has 4 nitrogen and oxygen atoms in total. The Morgan fingerprint density at radius 1 is 1.50 bits per heavy atom. The molecule has 0 radical (unpaired) electrons. The number of carboxylic acids is 1. The highest BCUT2D eigenvalue weighted by Crippen LogP contribution is 2.29. The monoisotopic (exact) mass is 223 g/mol. The van der Waals surface area contributed by atoms with Gasteiger partial charge in [0.1, 0.15) is 6.67 Å². The zero-order chi connectivity index (χ0) is 11.7. The minimum absolute atomic E-state index is 0.0260. The fourth-order valence-corrected chi connectivity index (χ4v) is 1.85. The average molecular weight is 223 g/mol. The van der Waals surface area contributed by atoms with Crippen LogP contribution in [0, 0.1) is 0 Å². The number of hydrogen-bond acceptors (Lipinski definition) is 2. The van der Waals surface area contributed by atoms with E-state index in [4.69, 9.17) is 5.11 Å². The summed E-state index contributed by atoms with van der Waals surface area (Å²) in [6, 6.07) is 4.44. The Kier molecular flexibility index (Phi) is 2.60. The number of halogens is 1. The highest BCUT2D eigenvalue weighted by molar-refractivity contribution is 6.02. The molecule has 1 aromatic rings. The Balaban J connectivity index is 2.38. The van der Waals surface area contributed by atoms with E-state index in [0.29, 0.717) is 11.3 Å². The normalized spacial score (nSPS) is 14.1. The van der Waals surface area contributed by atoms with Gasteiger partial charge >= 0.3 is 5.97 Å². The Hall–Kier alpha value is -1.91. The minimum Gasteiger partial charge on any atom is -0.478 e. The SMILES string of the molecule is O=C(O)c1ccc2c(c1)CC(=O)N2CCF. The molecule has 0 unspecified atom stereocenters. The highest BCUT2D eigenvalue weighted by atomic mass is 19.1. The Bertz CT molecular complexity index is 459. The molecule has 0 saturated heterocycles. The lowest BCUT2D eigenvalue weighted by atomic mass is 10.1. The highest BCUT2D eigenvalue weighted by Gasteiger charge is 2.27. The van der Waals surface area contributed by atoms with Crippen LogP contribution in [0.5, 0.6) is 0 Å². The van der Waals surface area contributed by atoms with Gasteiger partial charge in [-0.25, -0.2) is 9.18 Å². The fourth-order valence-electron chi connectivity index (χ4n) is 1.85. The van der Waals surface area contributed by atoms with Crippen LogP contribution < -0.4 is 4.90 Å². The van der Waals surface area contributed by atoms with Gasteiger partial charge in [-0.05, 0) is 23.8 Å². The van der Waals surface area contributed by atoms with Crippen LogP contribution in [0.3, 0.4) is 0 Å². The van der Waals surface area contributed by atoms with E-state index < -0.39 is 12.6 Å². The predicted molar refractivity (Wildman–Crippen MR) is 55.4 cm³/mol. The van der Waals surface area contributed by atoms with Crippen molar-refractivity contribution in [2.24, 2.45) is 0 Å². The Labute approximate surface area is 91.3 Å². The van der Waals surface area contributed by atoms with E-state index in [-0.39, 0.29) is 24.4 Å². The fraction of sp³-hybridized carbons (Fsp3) is 0.273. The van der Waals surface area contributed by atoms with Gasteiger partial charge in [0.2, 0.25) is 5.91 Å². The van der Waals surface area contributed by atoms with E-state index in [2.05, 4.69) is 0 Å². The minimum atomic E-state index is -1.03. The summed E-state index contributed by atoms with van der Waals surface area (Å²) in [6.07, 6.45) is 0.149. The molecule has 0 atom stereocenters. The van der Waals surface area contributed by atoms with Crippen molar-refractivity contribution in [3.8, 4) is 0 Å². The van der Waals surface area contributed by atoms with Crippen LogP contribution in [0.15, 0.2) is 18.2 Å². The molecule has 2 rings (SSSR count). The first kappa shape index (κ1) is 10.6. The summed E-state index contributed by atoms with van der Waals surface area (Å²) >= 11 is 0. The number of alkyl halides is 1. The second-order valence-electron chi connectivity index (χ2n) is 3.56. The molecule has 1 heterocycles. The summed E-state index contributed by atoms with van der Waals surface area (Å²) in [5.74, 6) is -1.21. The molecule has 0 fully saturated rings. The topological polar surface area (TPSA) is 57.6 Å². The molecule has 1 aliphatic heterocycles. The van der Waals surface area contributed by atoms with E-state index in [1.807, 2.05) is 0 Å². The molecule has 0 spiro atoms. The van der Waals surface area contributed by atoms with E-state index in [0.717, 1.165) is 0 Å². The first-order valence-electron chi connectivity index (χ1n) is 4.86. The summed E-state index contributed by atoms with van der Waals surface area (Å²) in [5.41, 5.74) is 1.42. The van der Waals surface area contributed by atoms with Gasteiger partial charge in [-0.3, -0.25) is 4.79 Å². The molecule has 84 valence electrons. The van der Waals surface area contributed by atoms with Crippen molar-refractivity contribution in [3.63, 3.8) is 0 Å². The average Bonchev–Trinajstić information content (AvgIpc) is 2.55. The Morgan fingerprint density at radius 2 is 2.25 bits per heavy atom. The number of anilines is 1. The van der Waals surface area contributed by atoms with Crippen LogP contribution in [-0.4, -0.2) is 30.2 Å². The molecular weight excluding hydrogens is 213 g/mol. The van der Waals surface area contributed by atoms with Crippen LogP contribution in [0.25, 0.3) is 0 Å². The lowest BCUT2D eigenvalue weighted by molar-refractivity contribution is -0.117. The summed E-state index contributed by atoms with van der Waals surface area (Å²) in [5, 5.41) is 8.79. The number of amides is 1. The molecule has 1 N–H and O–H groups in total. The van der Waals surface area contributed by atoms with E-state index in [9.17, 15) is 14.0 Å². The zero-order valence-corrected chi connectivity index (χ0v) is 8.44. The van der Waals surface area contributed by atoms with Gasteiger partial charge in [0.15, 0.2) is 0 Å². The number of aromatic carboxylic acids is 1. The number of rotatable bonds is 3. The number of benzene rings is 1. The van der Waals surface area contributed by atoms with Crippen molar-refractivity contribution >= 4 is 17.6 Å². The van der Waals surface area contributed by atoms with Crippen LogP contribution in [0.1, 0.15) is 15.9 Å². The van der Waals surface area contributed by atoms with Crippen molar-refractivity contribution in [2.45, 2.75) is 6.42 Å². The molecule has 1 amide bonds. The molecule has 1 aromatic carbocycles. The molecule has 0 aliphatic carbocycles. The zero-order valence-electron chi connectivity index (χ0n) is 8.44. The summed E-state index contributed by atoms with van der Waals surface area (Å²) in [6.45, 7) is -0.579. The third-order valence-electron chi connectivity index (χ3n) is 2.57. The number of carbonyl (C=O) groups is 2. The quantitative estimate of drug-likeness (QED) is 0.838. The molecular formula is C11H10FNO3. The number of carboxylic acid groups (broad SMARTS) is 1. The van der Waals surface area contributed by atoms with Crippen molar-refractivity contribution in [2.75, 3.05) is 18.1 Å². The third kappa shape index (κ3) is 1.64. The molecule has 0 saturated carbocycles. The number of carbonyl (C=O) groups excluding carboxylic acids is 1. The smallest absolute Gasteiger partial charge is 0.335 e.